The average molecular weight is 303 g/mol. The summed E-state index contributed by atoms with van der Waals surface area (Å²) in [6.07, 6.45) is 9.32. The van der Waals surface area contributed by atoms with Crippen LogP contribution in [0, 0.1) is 34.5 Å². The van der Waals surface area contributed by atoms with Crippen LogP contribution in [0.5, 0.6) is 0 Å². The lowest BCUT2D eigenvalue weighted by Crippen LogP contribution is -2.34. The molecule has 5 unspecified atom stereocenters. The number of rotatable bonds is 6. The largest absolute Gasteiger partial charge is 0.302 e. The van der Waals surface area contributed by atoms with Crippen molar-refractivity contribution in [2.24, 2.45) is 34.5 Å². The molecule has 0 aromatic heterocycles. The summed E-state index contributed by atoms with van der Waals surface area (Å²) >= 11 is 0. The maximum absolute atomic E-state index is 13.0. The molecule has 2 nitrogen and oxygen atoms in total. The van der Waals surface area contributed by atoms with Crippen molar-refractivity contribution in [2.45, 2.75) is 78.2 Å². The van der Waals surface area contributed by atoms with Gasteiger partial charge in [-0.1, -0.05) is 34.1 Å². The number of Topliss-reactive ketones (excluding diaryl/α,β-unsaturated/α-hetero) is 1. The number of ketones is 1. The lowest BCUT2D eigenvalue weighted by Gasteiger charge is -2.30. The van der Waals surface area contributed by atoms with E-state index in [1.165, 1.54) is 38.5 Å². The molecule has 4 fully saturated rings. The van der Waals surface area contributed by atoms with Crippen molar-refractivity contribution in [1.82, 2.24) is 5.32 Å². The predicted octanol–water partition coefficient (Wildman–Crippen LogP) is 4.19. The maximum atomic E-state index is 13.0. The van der Waals surface area contributed by atoms with E-state index in [2.05, 4.69) is 33.0 Å². The molecule has 4 rings (SSSR count). The minimum absolute atomic E-state index is 0.144. The van der Waals surface area contributed by atoms with Crippen LogP contribution in [0.3, 0.4) is 0 Å². The van der Waals surface area contributed by atoms with Gasteiger partial charge in [0.25, 0.3) is 0 Å². The molecule has 3 aliphatic carbocycles. The molecule has 4 aliphatic rings. The second-order valence-corrected chi connectivity index (χ2v) is 10.4. The van der Waals surface area contributed by atoms with Crippen LogP contribution in [0.15, 0.2) is 0 Å². The first-order valence-corrected chi connectivity index (χ1v) is 9.55. The van der Waals surface area contributed by atoms with E-state index in [4.69, 9.17) is 0 Å². The van der Waals surface area contributed by atoms with Gasteiger partial charge in [-0.15, -0.1) is 0 Å². The average Bonchev–Trinajstić information content (AvgIpc) is 3.33. The number of nitrogens with one attached hydrogen (secondary N) is 1. The quantitative estimate of drug-likeness (QED) is 0.747. The molecular weight excluding hydrogens is 270 g/mol. The molecule has 1 saturated heterocycles. The fraction of sp³-hybridized carbons (Fsp3) is 0.950. The lowest BCUT2D eigenvalue weighted by atomic mass is 9.75. The first-order valence-electron chi connectivity index (χ1n) is 9.55. The molecule has 2 heteroatoms. The zero-order valence-electron chi connectivity index (χ0n) is 14.9. The van der Waals surface area contributed by atoms with Gasteiger partial charge in [0.1, 0.15) is 0 Å². The van der Waals surface area contributed by atoms with Gasteiger partial charge in [0.05, 0.1) is 5.54 Å². The first-order chi connectivity index (χ1) is 10.3. The van der Waals surface area contributed by atoms with Crippen LogP contribution in [0.1, 0.15) is 72.6 Å². The summed E-state index contributed by atoms with van der Waals surface area (Å²) in [4.78, 5) is 13.0. The molecular formula is C20H33NO. The molecule has 0 aromatic carbocycles. The molecule has 124 valence electrons. The molecule has 1 N–H and O–H groups in total. The second kappa shape index (κ2) is 4.59. The number of carbonyl (C=O) groups is 1. The summed E-state index contributed by atoms with van der Waals surface area (Å²) in [5, 5.41) is 3.43. The Morgan fingerprint density at radius 3 is 2.32 bits per heavy atom. The maximum Gasteiger partial charge on any atom is 0.157 e. The van der Waals surface area contributed by atoms with Crippen LogP contribution in [0.4, 0.5) is 0 Å². The third-order valence-electron chi connectivity index (χ3n) is 7.07. The molecule has 0 spiro atoms. The normalized spacial score (nSPS) is 48.9. The monoisotopic (exact) mass is 303 g/mol. The Morgan fingerprint density at radius 1 is 1.18 bits per heavy atom. The van der Waals surface area contributed by atoms with E-state index in [1.807, 2.05) is 0 Å². The molecule has 0 amide bonds. The Kier molecular flexibility index (Phi) is 3.16. The molecule has 3 saturated carbocycles. The van der Waals surface area contributed by atoms with Gasteiger partial charge in [-0.3, -0.25) is 4.79 Å². The van der Waals surface area contributed by atoms with Crippen LogP contribution in [-0.2, 0) is 4.79 Å². The zero-order valence-corrected chi connectivity index (χ0v) is 14.9. The summed E-state index contributed by atoms with van der Waals surface area (Å²) in [7, 11) is 0. The highest BCUT2D eigenvalue weighted by molar-refractivity contribution is 5.95. The highest BCUT2D eigenvalue weighted by Gasteiger charge is 2.60. The fourth-order valence-corrected chi connectivity index (χ4v) is 5.71. The fourth-order valence-electron chi connectivity index (χ4n) is 5.71. The van der Waals surface area contributed by atoms with Crippen LogP contribution in [-0.4, -0.2) is 17.9 Å². The summed E-state index contributed by atoms with van der Waals surface area (Å²) in [6, 6.07) is 0. The topological polar surface area (TPSA) is 39.0 Å². The van der Waals surface area contributed by atoms with Gasteiger partial charge in [0.2, 0.25) is 0 Å². The van der Waals surface area contributed by atoms with Crippen LogP contribution in [0.2, 0.25) is 0 Å². The Balaban J connectivity index is 1.35. The van der Waals surface area contributed by atoms with Crippen molar-refractivity contribution in [3.8, 4) is 0 Å². The second-order valence-electron chi connectivity index (χ2n) is 10.4. The van der Waals surface area contributed by atoms with Crippen LogP contribution >= 0.6 is 0 Å². The summed E-state index contributed by atoms with van der Waals surface area (Å²) < 4.78 is 0. The van der Waals surface area contributed by atoms with Crippen molar-refractivity contribution >= 4 is 5.78 Å². The van der Waals surface area contributed by atoms with Crippen molar-refractivity contribution in [3.63, 3.8) is 0 Å². The predicted molar refractivity (Wildman–Crippen MR) is 89.6 cm³/mol. The smallest absolute Gasteiger partial charge is 0.157 e. The Hall–Kier alpha value is -0.370. The van der Waals surface area contributed by atoms with Crippen molar-refractivity contribution in [1.29, 1.82) is 0 Å². The van der Waals surface area contributed by atoms with Gasteiger partial charge < -0.3 is 5.32 Å². The van der Waals surface area contributed by atoms with E-state index in [0.29, 0.717) is 23.0 Å². The number of carbonyl (C=O) groups excluding carboxylic acids is 1. The lowest BCUT2D eigenvalue weighted by molar-refractivity contribution is -0.123. The van der Waals surface area contributed by atoms with Crippen molar-refractivity contribution in [2.75, 3.05) is 6.54 Å². The standard InChI is InChI=1S/C20H33NO/c1-5-19(8-13-6-14(13)9-19)10-15-7-16(15)17(22)20(12-21-20)11-18(2,3)4/h13-16,21H,5-12H2,1-4H3. The van der Waals surface area contributed by atoms with E-state index in [-0.39, 0.29) is 11.0 Å². The molecule has 0 bridgehead atoms. The highest BCUT2D eigenvalue weighted by atomic mass is 16.1. The molecule has 1 heterocycles. The Morgan fingerprint density at radius 2 is 1.82 bits per heavy atom. The zero-order chi connectivity index (χ0) is 15.8. The SMILES string of the molecule is CCC1(CC2CC2C(=O)C2(CC(C)(C)C)CN2)CC2CC2C1. The molecule has 0 aromatic rings. The minimum Gasteiger partial charge on any atom is -0.302 e. The molecule has 0 radical (unpaired) electrons. The highest BCUT2D eigenvalue weighted by Crippen LogP contribution is 2.65. The van der Waals surface area contributed by atoms with Crippen LogP contribution < -0.4 is 5.32 Å². The van der Waals surface area contributed by atoms with Gasteiger partial charge >= 0.3 is 0 Å². The van der Waals surface area contributed by atoms with E-state index in [9.17, 15) is 4.79 Å². The summed E-state index contributed by atoms with van der Waals surface area (Å²) in [5.41, 5.74) is 0.706. The van der Waals surface area contributed by atoms with Crippen LogP contribution in [0.25, 0.3) is 0 Å². The Bertz CT molecular complexity index is 474. The summed E-state index contributed by atoms with van der Waals surface area (Å²) in [5.74, 6) is 3.78. The number of fused-ring (bicyclic) bond motifs is 1. The van der Waals surface area contributed by atoms with E-state index >= 15 is 0 Å². The molecule has 1 aliphatic heterocycles. The molecule has 22 heavy (non-hydrogen) atoms. The van der Waals surface area contributed by atoms with E-state index in [0.717, 1.165) is 24.8 Å². The molecule has 5 atom stereocenters. The van der Waals surface area contributed by atoms with Gasteiger partial charge in [-0.25, -0.2) is 0 Å². The number of hydrogen-bond donors (Lipinski definition) is 1. The van der Waals surface area contributed by atoms with Gasteiger partial charge in [0.15, 0.2) is 5.78 Å². The van der Waals surface area contributed by atoms with E-state index in [1.54, 1.807) is 0 Å². The van der Waals surface area contributed by atoms with Gasteiger partial charge in [0, 0.05) is 12.5 Å². The minimum atomic E-state index is -0.144. The number of hydrogen-bond acceptors (Lipinski definition) is 2. The van der Waals surface area contributed by atoms with Crippen molar-refractivity contribution < 1.29 is 4.79 Å². The summed E-state index contributed by atoms with van der Waals surface area (Å²) in [6.45, 7) is 10.1. The van der Waals surface area contributed by atoms with Crippen molar-refractivity contribution in [3.05, 3.63) is 0 Å². The third kappa shape index (κ3) is 2.66. The first kappa shape index (κ1) is 15.2. The van der Waals surface area contributed by atoms with Gasteiger partial charge in [-0.05, 0) is 67.1 Å². The van der Waals surface area contributed by atoms with Gasteiger partial charge in [-0.2, -0.15) is 0 Å². The third-order valence-corrected chi connectivity index (χ3v) is 7.07. The van der Waals surface area contributed by atoms with E-state index < -0.39 is 0 Å². The Labute approximate surface area is 135 Å².